The Kier molecular flexibility index (Phi) is 3.47. The van der Waals surface area contributed by atoms with Crippen molar-refractivity contribution < 1.29 is 9.53 Å². The van der Waals surface area contributed by atoms with Gasteiger partial charge >= 0.3 is 6.09 Å². The van der Waals surface area contributed by atoms with Crippen LogP contribution in [0.4, 0.5) is 9.93 Å². The third kappa shape index (κ3) is 3.13. The van der Waals surface area contributed by atoms with E-state index in [4.69, 9.17) is 10.5 Å². The van der Waals surface area contributed by atoms with E-state index in [1.165, 1.54) is 11.3 Å². The second-order valence-corrected chi connectivity index (χ2v) is 6.41. The number of nitrogen functional groups attached to an aromatic ring is 1. The molecule has 1 aromatic heterocycles. The molecule has 1 atom stereocenters. The highest BCUT2D eigenvalue weighted by molar-refractivity contribution is 7.13. The van der Waals surface area contributed by atoms with E-state index >= 15 is 0 Å². The maximum absolute atomic E-state index is 11.9. The minimum Gasteiger partial charge on any atom is -0.444 e. The molecule has 5 nitrogen and oxygen atoms in total. The molecule has 1 aliphatic heterocycles. The van der Waals surface area contributed by atoms with Gasteiger partial charge in [-0.1, -0.05) is 0 Å². The third-order valence-electron chi connectivity index (χ3n) is 2.80. The largest absolute Gasteiger partial charge is 0.444 e. The molecule has 0 spiro atoms. The van der Waals surface area contributed by atoms with Crippen LogP contribution in [-0.2, 0) is 4.74 Å². The first-order valence-electron chi connectivity index (χ1n) is 6.04. The Balaban J connectivity index is 1.94. The number of rotatable bonds is 1. The molecule has 1 aromatic rings. The highest BCUT2D eigenvalue weighted by atomic mass is 32.1. The van der Waals surface area contributed by atoms with E-state index in [9.17, 15) is 4.79 Å². The van der Waals surface area contributed by atoms with Crippen LogP contribution in [0.25, 0.3) is 0 Å². The molecule has 0 bridgehead atoms. The van der Waals surface area contributed by atoms with E-state index in [0.717, 1.165) is 18.7 Å². The monoisotopic (exact) mass is 269 g/mol. The Hall–Kier alpha value is -1.30. The van der Waals surface area contributed by atoms with Crippen LogP contribution in [0.2, 0.25) is 0 Å². The summed E-state index contributed by atoms with van der Waals surface area (Å²) in [5.41, 5.74) is 6.17. The molecule has 1 saturated heterocycles. The topological polar surface area (TPSA) is 68.5 Å². The van der Waals surface area contributed by atoms with E-state index in [1.807, 2.05) is 26.2 Å². The van der Waals surface area contributed by atoms with Crippen molar-refractivity contribution in [2.24, 2.45) is 0 Å². The van der Waals surface area contributed by atoms with Crippen molar-refractivity contribution >= 4 is 22.6 Å². The molecular weight excluding hydrogens is 250 g/mol. The van der Waals surface area contributed by atoms with Crippen LogP contribution in [0.1, 0.15) is 38.8 Å². The van der Waals surface area contributed by atoms with Crippen LogP contribution in [-0.4, -0.2) is 34.7 Å². The van der Waals surface area contributed by atoms with Crippen molar-refractivity contribution in [1.82, 2.24) is 9.88 Å². The van der Waals surface area contributed by atoms with Crippen LogP contribution in [0.15, 0.2) is 5.38 Å². The van der Waals surface area contributed by atoms with Crippen molar-refractivity contribution in [2.75, 3.05) is 18.8 Å². The number of amides is 1. The highest BCUT2D eigenvalue weighted by Gasteiger charge is 2.31. The van der Waals surface area contributed by atoms with Crippen LogP contribution in [0.3, 0.4) is 0 Å². The Morgan fingerprint density at radius 1 is 1.61 bits per heavy atom. The van der Waals surface area contributed by atoms with Crippen LogP contribution in [0.5, 0.6) is 0 Å². The number of likely N-dealkylation sites (tertiary alicyclic amines) is 1. The Morgan fingerprint density at radius 3 is 2.89 bits per heavy atom. The van der Waals surface area contributed by atoms with Gasteiger partial charge in [-0.15, -0.1) is 11.3 Å². The van der Waals surface area contributed by atoms with Crippen molar-refractivity contribution in [3.8, 4) is 0 Å². The maximum Gasteiger partial charge on any atom is 0.410 e. The average Bonchev–Trinajstić information content (AvgIpc) is 2.82. The van der Waals surface area contributed by atoms with Gasteiger partial charge in [-0.05, 0) is 27.2 Å². The van der Waals surface area contributed by atoms with Crippen LogP contribution < -0.4 is 5.73 Å². The van der Waals surface area contributed by atoms with Crippen molar-refractivity contribution in [3.63, 3.8) is 0 Å². The Labute approximate surface area is 111 Å². The van der Waals surface area contributed by atoms with Crippen molar-refractivity contribution in [3.05, 3.63) is 11.1 Å². The van der Waals surface area contributed by atoms with E-state index in [-0.39, 0.29) is 12.0 Å². The number of nitrogens with two attached hydrogens (primary N) is 1. The molecule has 0 radical (unpaired) electrons. The summed E-state index contributed by atoms with van der Waals surface area (Å²) in [5, 5.41) is 2.55. The number of hydrogen-bond donors (Lipinski definition) is 1. The molecule has 1 fully saturated rings. The minimum absolute atomic E-state index is 0.242. The lowest BCUT2D eigenvalue weighted by molar-refractivity contribution is 0.0292. The van der Waals surface area contributed by atoms with E-state index < -0.39 is 5.60 Å². The minimum atomic E-state index is -0.444. The first-order valence-corrected chi connectivity index (χ1v) is 6.92. The van der Waals surface area contributed by atoms with E-state index in [0.29, 0.717) is 11.7 Å². The smallest absolute Gasteiger partial charge is 0.410 e. The summed E-state index contributed by atoms with van der Waals surface area (Å²) in [5.74, 6) is 0.283. The Morgan fingerprint density at radius 2 is 2.33 bits per heavy atom. The van der Waals surface area contributed by atoms with Gasteiger partial charge in [0.1, 0.15) is 5.60 Å². The summed E-state index contributed by atoms with van der Waals surface area (Å²) in [4.78, 5) is 17.9. The zero-order valence-corrected chi connectivity index (χ0v) is 11.8. The molecule has 6 heteroatoms. The molecule has 1 aliphatic rings. The fraction of sp³-hybridized carbons (Fsp3) is 0.667. The Bertz CT molecular complexity index is 439. The fourth-order valence-electron chi connectivity index (χ4n) is 1.98. The summed E-state index contributed by atoms with van der Waals surface area (Å²) >= 11 is 1.44. The number of thiazole rings is 1. The molecule has 1 amide bonds. The van der Waals surface area contributed by atoms with Gasteiger partial charge < -0.3 is 15.4 Å². The number of ether oxygens (including phenoxy) is 1. The second kappa shape index (κ2) is 4.76. The van der Waals surface area contributed by atoms with Crippen molar-refractivity contribution in [2.45, 2.75) is 38.7 Å². The van der Waals surface area contributed by atoms with Gasteiger partial charge in [-0.3, -0.25) is 0 Å². The number of hydrogen-bond acceptors (Lipinski definition) is 5. The molecule has 1 unspecified atom stereocenters. The van der Waals surface area contributed by atoms with Gasteiger partial charge in [0.25, 0.3) is 0 Å². The number of carbonyl (C=O) groups is 1. The lowest BCUT2D eigenvalue weighted by Gasteiger charge is -2.24. The van der Waals surface area contributed by atoms with E-state index in [1.54, 1.807) is 4.90 Å². The predicted molar refractivity (Wildman–Crippen MR) is 71.7 cm³/mol. The lowest BCUT2D eigenvalue weighted by atomic mass is 10.1. The summed E-state index contributed by atoms with van der Waals surface area (Å²) < 4.78 is 5.36. The fourth-order valence-corrected chi connectivity index (χ4v) is 2.63. The molecule has 2 heterocycles. The molecule has 0 aliphatic carbocycles. The zero-order chi connectivity index (χ0) is 13.3. The number of nitrogens with zero attached hydrogens (tertiary/aromatic N) is 2. The van der Waals surface area contributed by atoms with E-state index in [2.05, 4.69) is 4.98 Å². The molecular formula is C12H19N3O2S. The van der Waals surface area contributed by atoms with Gasteiger partial charge in [0.2, 0.25) is 0 Å². The van der Waals surface area contributed by atoms with Gasteiger partial charge in [0.05, 0.1) is 5.69 Å². The van der Waals surface area contributed by atoms with Crippen molar-refractivity contribution in [1.29, 1.82) is 0 Å². The first-order chi connectivity index (χ1) is 8.35. The maximum atomic E-state index is 11.9. The third-order valence-corrected chi connectivity index (χ3v) is 3.49. The molecule has 0 aromatic carbocycles. The molecule has 100 valence electrons. The quantitative estimate of drug-likeness (QED) is 0.850. The zero-order valence-electron chi connectivity index (χ0n) is 11.0. The van der Waals surface area contributed by atoms with Crippen LogP contribution >= 0.6 is 11.3 Å². The molecule has 2 rings (SSSR count). The van der Waals surface area contributed by atoms with Gasteiger partial charge in [-0.25, -0.2) is 9.78 Å². The standard InChI is InChI=1S/C12H19N3O2S/c1-12(2,3)17-11(16)15-5-4-8(6-15)9-7-18-10(13)14-9/h7-8H,4-6H2,1-3H3,(H2,13,14). The lowest BCUT2D eigenvalue weighted by Crippen LogP contribution is -2.35. The first kappa shape index (κ1) is 13.1. The second-order valence-electron chi connectivity index (χ2n) is 5.52. The summed E-state index contributed by atoms with van der Waals surface area (Å²) in [6.07, 6.45) is 0.677. The average molecular weight is 269 g/mol. The van der Waals surface area contributed by atoms with Crippen LogP contribution in [0, 0.1) is 0 Å². The summed E-state index contributed by atoms with van der Waals surface area (Å²) in [7, 11) is 0. The highest BCUT2D eigenvalue weighted by Crippen LogP contribution is 2.29. The summed E-state index contributed by atoms with van der Waals surface area (Å²) in [6.45, 7) is 7.01. The SMILES string of the molecule is CC(C)(C)OC(=O)N1CCC(c2csc(N)n2)C1. The number of aromatic nitrogens is 1. The molecule has 0 saturated carbocycles. The van der Waals surface area contributed by atoms with Gasteiger partial charge in [0.15, 0.2) is 5.13 Å². The number of anilines is 1. The number of carbonyl (C=O) groups excluding carboxylic acids is 1. The molecule has 2 N–H and O–H groups in total. The van der Waals surface area contributed by atoms with Gasteiger partial charge in [0, 0.05) is 24.4 Å². The predicted octanol–water partition coefficient (Wildman–Crippen LogP) is 2.45. The normalized spacial score (nSPS) is 20.2. The summed E-state index contributed by atoms with van der Waals surface area (Å²) in [6, 6.07) is 0. The molecule has 18 heavy (non-hydrogen) atoms. The van der Waals surface area contributed by atoms with Gasteiger partial charge in [-0.2, -0.15) is 0 Å².